The Bertz CT molecular complexity index is 1080. The van der Waals surface area contributed by atoms with Gasteiger partial charge in [-0.15, -0.1) is 0 Å². The van der Waals surface area contributed by atoms with Crippen molar-refractivity contribution in [2.75, 3.05) is 6.61 Å². The van der Waals surface area contributed by atoms with Crippen molar-refractivity contribution in [2.45, 2.75) is 102 Å². The summed E-state index contributed by atoms with van der Waals surface area (Å²) in [5.41, 5.74) is 2.35. The Balaban J connectivity index is 1.26. The van der Waals surface area contributed by atoms with Crippen LogP contribution in [-0.4, -0.2) is 54.5 Å². The molecule has 7 nitrogen and oxygen atoms in total. The van der Waals surface area contributed by atoms with Gasteiger partial charge >= 0.3 is 5.97 Å². The molecule has 0 aromatic heterocycles. The van der Waals surface area contributed by atoms with E-state index in [1.54, 1.807) is 13.0 Å². The van der Waals surface area contributed by atoms with E-state index in [2.05, 4.69) is 61.7 Å². The molecule has 1 N–H and O–H groups in total. The van der Waals surface area contributed by atoms with E-state index in [9.17, 15) is 9.59 Å². The zero-order valence-electron chi connectivity index (χ0n) is 23.8. The van der Waals surface area contributed by atoms with Crippen molar-refractivity contribution >= 4 is 11.9 Å². The minimum absolute atomic E-state index is 0.0233. The van der Waals surface area contributed by atoms with Gasteiger partial charge in [0.15, 0.2) is 0 Å². The molecule has 1 amide bonds. The lowest BCUT2D eigenvalue weighted by molar-refractivity contribution is -0.143. The molecule has 8 atom stereocenters. The van der Waals surface area contributed by atoms with Gasteiger partial charge in [-0.25, -0.2) is 0 Å². The maximum atomic E-state index is 12.4. The molecule has 0 radical (unpaired) electrons. The van der Waals surface area contributed by atoms with Crippen molar-refractivity contribution in [2.24, 2.45) is 5.92 Å². The number of carbonyl (C=O) groups is 2. The van der Waals surface area contributed by atoms with Crippen molar-refractivity contribution in [3.8, 4) is 0 Å². The number of hydrogen-bond donors (Lipinski definition) is 1. The van der Waals surface area contributed by atoms with Crippen molar-refractivity contribution in [3.05, 3.63) is 71.8 Å². The summed E-state index contributed by atoms with van der Waals surface area (Å²) in [4.78, 5) is 23.4. The molecule has 7 heteroatoms. The molecule has 3 aliphatic heterocycles. The number of amides is 1. The van der Waals surface area contributed by atoms with E-state index in [1.807, 2.05) is 13.0 Å². The second-order valence-corrected chi connectivity index (χ2v) is 11.4. The van der Waals surface area contributed by atoms with Crippen LogP contribution in [0.25, 0.3) is 0 Å². The number of carbonyl (C=O) groups excluding carboxylic acids is 2. The van der Waals surface area contributed by atoms with Gasteiger partial charge in [0, 0.05) is 25.8 Å². The van der Waals surface area contributed by atoms with Gasteiger partial charge in [-0.2, -0.15) is 0 Å². The van der Waals surface area contributed by atoms with E-state index in [0.717, 1.165) is 32.3 Å². The summed E-state index contributed by atoms with van der Waals surface area (Å²) in [5.74, 6) is -0.288. The van der Waals surface area contributed by atoms with Crippen LogP contribution in [0.4, 0.5) is 0 Å². The minimum atomic E-state index is -0.446. The molecule has 0 aliphatic carbocycles. The molecule has 1 spiro atoms. The highest BCUT2D eigenvalue weighted by atomic mass is 16.6. The maximum absolute atomic E-state index is 12.4. The average molecular weight is 538 g/mol. The van der Waals surface area contributed by atoms with Gasteiger partial charge in [0.05, 0.1) is 42.7 Å². The predicted octanol–water partition coefficient (Wildman–Crippen LogP) is 5.37. The molecule has 4 rings (SSSR count). The maximum Gasteiger partial charge on any atom is 0.303 e. The number of ether oxygens (including phenoxy) is 4. The van der Waals surface area contributed by atoms with E-state index in [-0.39, 0.29) is 47.9 Å². The number of nitrogens with one attached hydrogen (secondary N) is 1. The van der Waals surface area contributed by atoms with Gasteiger partial charge in [0.2, 0.25) is 5.91 Å². The molecule has 39 heavy (non-hydrogen) atoms. The lowest BCUT2D eigenvalue weighted by Gasteiger charge is -2.39. The zero-order chi connectivity index (χ0) is 28.0. The SMILES string of the molecule is CC(=O)O[C@@H](C)/C=C\C(=O)N[C@@H]1C[C@H](C)C(C/C=C(C)/C=C/[C@@H]2CC3(CO3)C[C@@H](c3ccccc3)O2)O[C@@H]1C. The normalized spacial score (nSPS) is 33.8. The fraction of sp³-hybridized carbons (Fsp3) is 0.562. The van der Waals surface area contributed by atoms with Gasteiger partial charge in [-0.1, -0.05) is 61.1 Å². The zero-order valence-corrected chi connectivity index (χ0v) is 23.8. The summed E-state index contributed by atoms with van der Waals surface area (Å²) in [6.07, 6.45) is 12.6. The summed E-state index contributed by atoms with van der Waals surface area (Å²) in [7, 11) is 0. The van der Waals surface area contributed by atoms with Gasteiger partial charge in [-0.3, -0.25) is 9.59 Å². The Hall–Kier alpha value is -2.74. The van der Waals surface area contributed by atoms with Crippen LogP contribution >= 0.6 is 0 Å². The average Bonchev–Trinajstić information content (AvgIpc) is 3.64. The lowest BCUT2D eigenvalue weighted by Crippen LogP contribution is -2.50. The van der Waals surface area contributed by atoms with Crippen LogP contribution in [0.5, 0.6) is 0 Å². The summed E-state index contributed by atoms with van der Waals surface area (Å²) < 4.78 is 23.6. The van der Waals surface area contributed by atoms with Gasteiger partial charge in [0.25, 0.3) is 0 Å². The third kappa shape index (κ3) is 8.62. The molecular formula is C32H43NO6. The van der Waals surface area contributed by atoms with Gasteiger partial charge in [0.1, 0.15) is 6.10 Å². The van der Waals surface area contributed by atoms with Crippen LogP contribution in [0, 0.1) is 5.92 Å². The Morgan fingerprint density at radius 2 is 1.87 bits per heavy atom. The van der Waals surface area contributed by atoms with E-state index >= 15 is 0 Å². The number of allylic oxidation sites excluding steroid dienone is 2. The van der Waals surface area contributed by atoms with Crippen LogP contribution in [0.15, 0.2) is 66.3 Å². The molecule has 2 unspecified atom stereocenters. The smallest absolute Gasteiger partial charge is 0.303 e. The summed E-state index contributed by atoms with van der Waals surface area (Å²) >= 11 is 0. The molecule has 212 valence electrons. The molecular weight excluding hydrogens is 494 g/mol. The standard InChI is InChI=1S/C32H43NO6/c1-21(11-14-27-18-32(20-36-32)19-30(39-27)26-9-7-6-8-10-26)12-15-29-22(2)17-28(24(4)38-29)33-31(35)16-13-23(3)37-25(5)34/h6-14,16,22-24,27-30H,15,17-20H2,1-5H3,(H,33,35)/b14-11+,16-13-,21-12+/t22-,23-,24+,27+,28+,29?,30-,32?/m0/s1. The molecule has 3 fully saturated rings. The van der Waals surface area contributed by atoms with Crippen LogP contribution in [0.1, 0.15) is 72.0 Å². The first kappa shape index (κ1) is 29.2. The fourth-order valence-corrected chi connectivity index (χ4v) is 5.51. The minimum Gasteiger partial charge on any atom is -0.459 e. The number of benzene rings is 1. The monoisotopic (exact) mass is 537 g/mol. The summed E-state index contributed by atoms with van der Waals surface area (Å²) in [6.45, 7) is 10.2. The van der Waals surface area contributed by atoms with Crippen molar-refractivity contribution in [1.29, 1.82) is 0 Å². The van der Waals surface area contributed by atoms with Crippen LogP contribution in [-0.2, 0) is 28.5 Å². The Labute approximate surface area is 232 Å². The van der Waals surface area contributed by atoms with Gasteiger partial charge < -0.3 is 24.3 Å². The van der Waals surface area contributed by atoms with E-state index < -0.39 is 6.10 Å². The number of rotatable bonds is 9. The van der Waals surface area contributed by atoms with Crippen LogP contribution in [0.2, 0.25) is 0 Å². The topological polar surface area (TPSA) is 86.4 Å². The lowest BCUT2D eigenvalue weighted by atomic mass is 9.87. The summed E-state index contributed by atoms with van der Waals surface area (Å²) in [6, 6.07) is 10.3. The van der Waals surface area contributed by atoms with Crippen molar-refractivity contribution in [1.82, 2.24) is 5.32 Å². The number of esters is 1. The highest BCUT2D eigenvalue weighted by Crippen LogP contribution is 2.47. The molecule has 1 aromatic rings. The van der Waals surface area contributed by atoms with Crippen LogP contribution < -0.4 is 5.32 Å². The summed E-state index contributed by atoms with van der Waals surface area (Å²) in [5, 5.41) is 3.03. The second kappa shape index (κ2) is 13.1. The second-order valence-electron chi connectivity index (χ2n) is 11.4. The fourth-order valence-electron chi connectivity index (χ4n) is 5.51. The van der Waals surface area contributed by atoms with E-state index in [0.29, 0.717) is 5.92 Å². The Morgan fingerprint density at radius 3 is 2.56 bits per heavy atom. The molecule has 0 bridgehead atoms. The van der Waals surface area contributed by atoms with Crippen molar-refractivity contribution in [3.63, 3.8) is 0 Å². The highest BCUT2D eigenvalue weighted by Gasteiger charge is 2.51. The third-order valence-electron chi connectivity index (χ3n) is 7.85. The largest absolute Gasteiger partial charge is 0.459 e. The first-order valence-corrected chi connectivity index (χ1v) is 14.1. The highest BCUT2D eigenvalue weighted by molar-refractivity contribution is 5.87. The quantitative estimate of drug-likeness (QED) is 0.197. The Morgan fingerprint density at radius 1 is 1.13 bits per heavy atom. The van der Waals surface area contributed by atoms with Crippen LogP contribution in [0.3, 0.4) is 0 Å². The van der Waals surface area contributed by atoms with E-state index in [4.69, 9.17) is 18.9 Å². The molecule has 3 aliphatic rings. The molecule has 3 heterocycles. The van der Waals surface area contributed by atoms with Crippen molar-refractivity contribution < 1.29 is 28.5 Å². The molecule has 3 saturated heterocycles. The first-order valence-electron chi connectivity index (χ1n) is 14.1. The Kier molecular flexibility index (Phi) is 9.81. The number of hydrogen-bond acceptors (Lipinski definition) is 6. The first-order chi connectivity index (χ1) is 18.6. The molecule has 0 saturated carbocycles. The predicted molar refractivity (Wildman–Crippen MR) is 150 cm³/mol. The number of epoxide rings is 1. The van der Waals surface area contributed by atoms with E-state index in [1.165, 1.54) is 24.1 Å². The third-order valence-corrected chi connectivity index (χ3v) is 7.85. The van der Waals surface area contributed by atoms with Gasteiger partial charge in [-0.05, 0) is 51.2 Å². The molecule has 1 aromatic carbocycles.